The maximum Gasteiger partial charge on any atom is 0.252 e. The van der Waals surface area contributed by atoms with Gasteiger partial charge < -0.3 is 15.0 Å². The van der Waals surface area contributed by atoms with Crippen molar-refractivity contribution in [1.82, 2.24) is 0 Å². The molecular formula is C12H14NO3P. The first-order chi connectivity index (χ1) is 7.88. The first-order valence-electron chi connectivity index (χ1n) is 4.92. The lowest BCUT2D eigenvalue weighted by Gasteiger charge is -2.15. The summed E-state index contributed by atoms with van der Waals surface area (Å²) < 4.78 is 17.4. The van der Waals surface area contributed by atoms with Crippen LogP contribution in [-0.2, 0) is 4.57 Å². The molecule has 1 aromatic carbocycles. The lowest BCUT2D eigenvalue weighted by Crippen LogP contribution is -2.19. The molecule has 2 N–H and O–H groups in total. The van der Waals surface area contributed by atoms with Crippen molar-refractivity contribution >= 4 is 18.4 Å². The molecule has 0 radical (unpaired) electrons. The maximum atomic E-state index is 12.1. The number of terminal acetylenes is 1. The second-order valence-electron chi connectivity index (χ2n) is 3.86. The normalized spacial score (nSPS) is 10.6. The third-order valence-electron chi connectivity index (χ3n) is 2.14. The predicted molar refractivity (Wildman–Crippen MR) is 68.4 cm³/mol. The van der Waals surface area contributed by atoms with Gasteiger partial charge in [0, 0.05) is 0 Å². The van der Waals surface area contributed by atoms with Gasteiger partial charge in [0.25, 0.3) is 5.91 Å². The molecule has 5 heteroatoms. The van der Waals surface area contributed by atoms with E-state index >= 15 is 0 Å². The van der Waals surface area contributed by atoms with Crippen molar-refractivity contribution in [3.8, 4) is 18.1 Å². The van der Waals surface area contributed by atoms with E-state index in [1.165, 1.54) is 6.07 Å². The summed E-state index contributed by atoms with van der Waals surface area (Å²) in [5, 5.41) is 0.476. The van der Waals surface area contributed by atoms with Crippen molar-refractivity contribution in [2.24, 2.45) is 5.73 Å². The Bertz CT molecular complexity index is 525. The SMILES string of the molecule is C#CCOc1c(C(N)=O)cccc1P(C)(C)=O. The van der Waals surface area contributed by atoms with E-state index in [9.17, 15) is 9.36 Å². The van der Waals surface area contributed by atoms with E-state index < -0.39 is 13.0 Å². The number of ether oxygens (including phenoxy) is 1. The zero-order valence-corrected chi connectivity index (χ0v) is 10.7. The number of nitrogens with two attached hydrogens (primary N) is 1. The van der Waals surface area contributed by atoms with Gasteiger partial charge in [0.2, 0.25) is 0 Å². The van der Waals surface area contributed by atoms with Gasteiger partial charge in [-0.15, -0.1) is 6.42 Å². The van der Waals surface area contributed by atoms with E-state index in [4.69, 9.17) is 16.9 Å². The fourth-order valence-electron chi connectivity index (χ4n) is 1.41. The van der Waals surface area contributed by atoms with Crippen molar-refractivity contribution in [1.29, 1.82) is 0 Å². The average Bonchev–Trinajstić information content (AvgIpc) is 2.24. The molecule has 1 amide bonds. The Balaban J connectivity index is 3.41. The molecule has 0 heterocycles. The van der Waals surface area contributed by atoms with Gasteiger partial charge in [0.1, 0.15) is 19.5 Å². The van der Waals surface area contributed by atoms with Gasteiger partial charge in [0.15, 0.2) is 0 Å². The highest BCUT2D eigenvalue weighted by Gasteiger charge is 2.21. The zero-order chi connectivity index (χ0) is 13.1. The van der Waals surface area contributed by atoms with E-state index in [0.717, 1.165) is 0 Å². The quantitative estimate of drug-likeness (QED) is 0.642. The number of amides is 1. The number of rotatable bonds is 4. The highest BCUT2D eigenvalue weighted by molar-refractivity contribution is 7.70. The first kappa shape index (κ1) is 13.3. The molecule has 0 aliphatic heterocycles. The minimum atomic E-state index is -2.56. The van der Waals surface area contributed by atoms with E-state index in [1.807, 2.05) is 0 Å². The molecule has 17 heavy (non-hydrogen) atoms. The molecule has 4 nitrogen and oxygen atoms in total. The van der Waals surface area contributed by atoms with E-state index in [-0.39, 0.29) is 17.9 Å². The van der Waals surface area contributed by atoms with Gasteiger partial charge in [-0.05, 0) is 25.5 Å². The summed E-state index contributed by atoms with van der Waals surface area (Å²) in [5.41, 5.74) is 5.43. The third kappa shape index (κ3) is 3.12. The number of benzene rings is 1. The lowest BCUT2D eigenvalue weighted by atomic mass is 10.2. The molecule has 1 rings (SSSR count). The Labute approximate surface area is 101 Å². The molecule has 0 fully saturated rings. The number of primary amides is 1. The van der Waals surface area contributed by atoms with Crippen LogP contribution in [0.4, 0.5) is 0 Å². The van der Waals surface area contributed by atoms with Crippen LogP contribution in [0.15, 0.2) is 18.2 Å². The monoisotopic (exact) mass is 251 g/mol. The van der Waals surface area contributed by atoms with Gasteiger partial charge in [0.05, 0.1) is 10.9 Å². The molecule has 1 aromatic rings. The molecule has 90 valence electrons. The molecule has 0 spiro atoms. The minimum absolute atomic E-state index is 0.00269. The van der Waals surface area contributed by atoms with Crippen molar-refractivity contribution in [2.45, 2.75) is 0 Å². The molecule has 0 aliphatic rings. The summed E-state index contributed by atoms with van der Waals surface area (Å²) in [6.45, 7) is 3.18. The second-order valence-corrected chi connectivity index (χ2v) is 7.05. The lowest BCUT2D eigenvalue weighted by molar-refractivity contribution is 0.0997. The topological polar surface area (TPSA) is 69.4 Å². The zero-order valence-electron chi connectivity index (χ0n) is 9.77. The number of hydrogen-bond acceptors (Lipinski definition) is 3. The van der Waals surface area contributed by atoms with E-state index in [1.54, 1.807) is 25.5 Å². The molecule has 0 atom stereocenters. The molecule has 0 bridgehead atoms. The predicted octanol–water partition coefficient (Wildman–Crippen LogP) is 1.05. The largest absolute Gasteiger partial charge is 0.479 e. The van der Waals surface area contributed by atoms with Crippen molar-refractivity contribution < 1.29 is 14.1 Å². The Morgan fingerprint density at radius 3 is 2.65 bits per heavy atom. The fourth-order valence-corrected chi connectivity index (χ4v) is 2.53. The van der Waals surface area contributed by atoms with Crippen LogP contribution in [0.5, 0.6) is 5.75 Å². The van der Waals surface area contributed by atoms with Gasteiger partial charge in [-0.2, -0.15) is 0 Å². The highest BCUT2D eigenvalue weighted by Crippen LogP contribution is 2.39. The van der Waals surface area contributed by atoms with E-state index in [0.29, 0.717) is 5.30 Å². The minimum Gasteiger partial charge on any atom is -0.479 e. The maximum absolute atomic E-state index is 12.1. The van der Waals surface area contributed by atoms with Crippen LogP contribution >= 0.6 is 7.14 Å². The average molecular weight is 251 g/mol. The first-order valence-corrected chi connectivity index (χ1v) is 7.52. The number of para-hydroxylation sites is 1. The highest BCUT2D eigenvalue weighted by atomic mass is 31.2. The molecule has 0 aliphatic carbocycles. The van der Waals surface area contributed by atoms with Crippen molar-refractivity contribution in [3.63, 3.8) is 0 Å². The molecular weight excluding hydrogens is 237 g/mol. The summed E-state index contributed by atoms with van der Waals surface area (Å²) in [6.07, 6.45) is 5.10. The number of hydrogen-bond donors (Lipinski definition) is 1. The molecule has 0 unspecified atom stereocenters. The van der Waals surface area contributed by atoms with Crippen molar-refractivity contribution in [3.05, 3.63) is 23.8 Å². The Morgan fingerprint density at radius 1 is 1.53 bits per heavy atom. The summed E-state index contributed by atoms with van der Waals surface area (Å²) in [7, 11) is -2.56. The second kappa shape index (κ2) is 5.07. The molecule has 0 saturated heterocycles. The van der Waals surface area contributed by atoms with Crippen LogP contribution in [0.3, 0.4) is 0 Å². The number of carbonyl (C=O) groups is 1. The molecule has 0 aromatic heterocycles. The van der Waals surface area contributed by atoms with Crippen molar-refractivity contribution in [2.75, 3.05) is 19.9 Å². The Hall–Kier alpha value is -1.72. The van der Waals surface area contributed by atoms with Gasteiger partial charge in [-0.1, -0.05) is 12.0 Å². The Morgan fingerprint density at radius 2 is 2.18 bits per heavy atom. The van der Waals surface area contributed by atoms with Gasteiger partial charge in [-0.25, -0.2) is 0 Å². The summed E-state index contributed by atoms with van der Waals surface area (Å²) in [6, 6.07) is 4.80. The van der Waals surface area contributed by atoms with Crippen LogP contribution in [0.25, 0.3) is 0 Å². The summed E-state index contributed by atoms with van der Waals surface area (Å²) in [5.74, 6) is 1.89. The standard InChI is InChI=1S/C12H14NO3P/c1-4-8-16-11-9(12(13)14)6-5-7-10(11)17(2,3)15/h1,5-7H,8H2,2-3H3,(H2,13,14). The van der Waals surface area contributed by atoms with Crippen LogP contribution in [0.1, 0.15) is 10.4 Å². The van der Waals surface area contributed by atoms with Crippen LogP contribution in [0.2, 0.25) is 0 Å². The van der Waals surface area contributed by atoms with Gasteiger partial charge >= 0.3 is 0 Å². The fraction of sp³-hybridized carbons (Fsp3) is 0.250. The number of carbonyl (C=O) groups excluding carboxylic acids is 1. The van der Waals surface area contributed by atoms with Crippen LogP contribution < -0.4 is 15.8 Å². The Kier molecular flexibility index (Phi) is 3.98. The molecule has 0 saturated carbocycles. The van der Waals surface area contributed by atoms with Crippen LogP contribution in [-0.4, -0.2) is 25.8 Å². The smallest absolute Gasteiger partial charge is 0.252 e. The van der Waals surface area contributed by atoms with E-state index in [2.05, 4.69) is 5.92 Å². The third-order valence-corrected chi connectivity index (χ3v) is 3.65. The van der Waals surface area contributed by atoms with Crippen LogP contribution in [0, 0.1) is 12.3 Å². The summed E-state index contributed by atoms with van der Waals surface area (Å²) in [4.78, 5) is 11.3. The summed E-state index contributed by atoms with van der Waals surface area (Å²) >= 11 is 0. The van der Waals surface area contributed by atoms with Gasteiger partial charge in [-0.3, -0.25) is 4.79 Å².